The van der Waals surface area contributed by atoms with Gasteiger partial charge in [0.25, 0.3) is 0 Å². The molecule has 5 N–H and O–H groups in total. The minimum Gasteiger partial charge on any atom is -0.0644 e. The molecule has 0 aromatic carbocycles. The molecule has 0 saturated heterocycles. The molecule has 1 aliphatic rings. The molecule has 1 saturated carbocycles. The smallest absolute Gasteiger partial charge is 0.0644 e. The van der Waals surface area contributed by atoms with E-state index in [0.29, 0.717) is 35.7 Å². The van der Waals surface area contributed by atoms with Gasteiger partial charge < -0.3 is 4.79 Å². The molecule has 0 bridgehead atoms. The van der Waals surface area contributed by atoms with Gasteiger partial charge in [-0.05, 0) is 0 Å². The van der Waals surface area contributed by atoms with Crippen LogP contribution in [-0.2, 0) is 23.9 Å². The fourth-order valence-corrected chi connectivity index (χ4v) is 8.75. The van der Waals surface area contributed by atoms with E-state index in [9.17, 15) is 19.2 Å². The van der Waals surface area contributed by atoms with Crippen LogP contribution in [-0.4, -0.2) is 111 Å². The summed E-state index contributed by atoms with van der Waals surface area (Å²) in [5.74, 6) is 1.61. The van der Waals surface area contributed by atoms with Gasteiger partial charge in [0, 0.05) is 0 Å². The van der Waals surface area contributed by atoms with E-state index in [1.165, 1.54) is 7.85 Å². The number of hydrogen-bond acceptors (Lipinski definition) is 10. The van der Waals surface area contributed by atoms with E-state index in [4.69, 9.17) is 10.5 Å². The van der Waals surface area contributed by atoms with Crippen LogP contribution in [0, 0.1) is 16.7 Å². The second-order valence-corrected chi connectivity index (χ2v) is 18.4. The Kier molecular flexibility index (Phi) is 18.8. The topological polar surface area (TPSA) is 140 Å². The Morgan fingerprint density at radius 2 is 1.42 bits per heavy atom. The molecular formula is C34H65B3N4O5S2. The summed E-state index contributed by atoms with van der Waals surface area (Å²) in [6.07, 6.45) is 5.46. The van der Waals surface area contributed by atoms with Gasteiger partial charge in [-0.3, -0.25) is 0 Å². The van der Waals surface area contributed by atoms with E-state index < -0.39 is 5.72 Å². The average Bonchev–Trinajstić information content (AvgIpc) is 2.97. The van der Waals surface area contributed by atoms with E-state index in [1.54, 1.807) is 7.85 Å². The number of amides is 1. The van der Waals surface area contributed by atoms with Crippen LogP contribution in [0.15, 0.2) is 0 Å². The van der Waals surface area contributed by atoms with E-state index >= 15 is 0 Å². The molecule has 0 spiro atoms. The molecule has 1 rings (SSSR count). The molecule has 0 aromatic heterocycles. The summed E-state index contributed by atoms with van der Waals surface area (Å²) in [6.45, 7) is 19.2. The monoisotopic (exact) mass is 706 g/mol. The van der Waals surface area contributed by atoms with Crippen molar-refractivity contribution in [3.63, 3.8) is 0 Å². The second kappa shape index (κ2) is 20.1. The van der Waals surface area contributed by atoms with Crippen molar-refractivity contribution >= 4 is 75.3 Å². The quantitative estimate of drug-likeness (QED) is 0.0777. The molecule has 272 valence electrons. The number of ether oxygens (including phenoxy) is 1. The molecular weight excluding hydrogens is 641 g/mol. The summed E-state index contributed by atoms with van der Waals surface area (Å²) in [5, 5.41) is 10.4. The molecule has 0 aliphatic heterocycles. The maximum absolute atomic E-state index is 13.0. The fraction of sp³-hybridized carbons (Fsp3) is 0.853. The number of nitrogens with one attached hydrogen (secondary N) is 3. The second-order valence-electron chi connectivity index (χ2n) is 15.9. The Morgan fingerprint density at radius 3 is 1.92 bits per heavy atom. The van der Waals surface area contributed by atoms with Gasteiger partial charge in [0.1, 0.15) is 5.68 Å². The van der Waals surface area contributed by atoms with Gasteiger partial charge in [-0.1, -0.05) is 13.8 Å². The Balaban J connectivity index is 2.88. The summed E-state index contributed by atoms with van der Waals surface area (Å²) < 4.78 is 6.17. The van der Waals surface area contributed by atoms with Gasteiger partial charge in [0.2, 0.25) is 0 Å². The zero-order valence-corrected chi connectivity index (χ0v) is 33.6. The standard InChI is InChI=1S/C34H65B3N4O5S2/c1-10-31(3,4)26(42)14-15-34(9,38)46-17-16-32(5,6)22(29(37)39-18-27(35)43)20-47-24-12-13-25(24)48-21-23(41-33(7,8)11-2)30(45)40-19-28(36)44/h22-25,37,39,41H,10-21,35-36,38H2,1-9H3,(H,40,45). The molecule has 0 aromatic rings. The number of carbonyl (C=O) groups is 4. The van der Waals surface area contributed by atoms with Crippen LogP contribution in [0.2, 0.25) is 0 Å². The normalized spacial score (nSPS) is 19.4. The van der Waals surface area contributed by atoms with E-state index in [0.717, 1.165) is 43.4 Å². The zero-order valence-electron chi connectivity index (χ0n) is 31.9. The average molecular weight is 706 g/mol. The molecule has 5 unspecified atom stereocenters. The molecule has 14 heteroatoms. The Labute approximate surface area is 303 Å². The van der Waals surface area contributed by atoms with Gasteiger partial charge in [-0.25, -0.2) is 0 Å². The Morgan fingerprint density at radius 1 is 0.875 bits per heavy atom. The van der Waals surface area contributed by atoms with E-state index in [1.807, 2.05) is 51.2 Å². The molecule has 0 radical (unpaired) electrons. The molecule has 48 heavy (non-hydrogen) atoms. The van der Waals surface area contributed by atoms with Crippen molar-refractivity contribution in [2.45, 2.75) is 135 Å². The number of carbonyl (C=O) groups excluding carboxylic acids is 4. The van der Waals surface area contributed by atoms with Crippen LogP contribution < -0.4 is 21.7 Å². The Hall–Kier alpha value is -1.08. The number of hydrogen-bond donors (Lipinski definition) is 4. The summed E-state index contributed by atoms with van der Waals surface area (Å²) in [6, 6.07) is -0.387. The minimum absolute atomic E-state index is 0.0431. The van der Waals surface area contributed by atoms with Crippen molar-refractivity contribution in [1.82, 2.24) is 16.0 Å². The van der Waals surface area contributed by atoms with Gasteiger partial charge in [-0.15, -0.1) is 0 Å². The molecule has 1 amide bonds. The van der Waals surface area contributed by atoms with Crippen molar-refractivity contribution in [3.05, 3.63) is 0 Å². The Bertz CT molecular complexity index is 1110. The molecule has 0 heterocycles. The number of Topliss-reactive ketones (excluding diaryl/α,β-unsaturated/α-hetero) is 1. The zero-order chi connectivity index (χ0) is 36.9. The van der Waals surface area contributed by atoms with Crippen molar-refractivity contribution in [1.29, 1.82) is 0 Å². The minimum atomic E-state index is -0.901. The third-order valence-electron chi connectivity index (χ3n) is 9.97. The predicted molar refractivity (Wildman–Crippen MR) is 212 cm³/mol. The van der Waals surface area contributed by atoms with Crippen molar-refractivity contribution in [3.8, 4) is 0 Å². The van der Waals surface area contributed by atoms with Crippen LogP contribution in [0.3, 0.4) is 0 Å². The van der Waals surface area contributed by atoms with Gasteiger partial charge in [0.05, 0.1) is 0 Å². The first-order chi connectivity index (χ1) is 22.1. The van der Waals surface area contributed by atoms with Crippen molar-refractivity contribution < 1.29 is 23.9 Å². The fourth-order valence-electron chi connectivity index (χ4n) is 5.20. The van der Waals surface area contributed by atoms with E-state index in [2.05, 4.69) is 58.1 Å². The maximum atomic E-state index is 13.0. The van der Waals surface area contributed by atoms with Crippen LogP contribution in [0.1, 0.15) is 107 Å². The first kappa shape index (κ1) is 44.9. The third kappa shape index (κ3) is 16.3. The summed E-state index contributed by atoms with van der Waals surface area (Å²) in [7, 11) is 7.40. The van der Waals surface area contributed by atoms with Gasteiger partial charge in [0.15, 0.2) is 7.85 Å². The number of ketones is 1. The van der Waals surface area contributed by atoms with Crippen molar-refractivity contribution in [2.24, 2.45) is 22.5 Å². The summed E-state index contributed by atoms with van der Waals surface area (Å²) in [4.78, 5) is 48.9. The van der Waals surface area contributed by atoms with Crippen LogP contribution in [0.25, 0.3) is 0 Å². The SMILES string of the molecule is B=C(NCC(B)=O)C(CSC1CCC1SCC(NC(C)(C)CC)C(=O)NCC(B)=O)C(C)(C)CCOC(C)(N)CCC(=O)C(C)(C)CC. The molecule has 1 fully saturated rings. The summed E-state index contributed by atoms with van der Waals surface area (Å²) in [5.41, 5.74) is 5.66. The number of nitrogens with two attached hydrogens (primary N) is 1. The summed E-state index contributed by atoms with van der Waals surface area (Å²) >= 11 is 3.77. The molecule has 9 nitrogen and oxygen atoms in total. The van der Waals surface area contributed by atoms with Crippen LogP contribution >= 0.6 is 23.5 Å². The van der Waals surface area contributed by atoms with Crippen molar-refractivity contribution in [2.75, 3.05) is 31.2 Å². The van der Waals surface area contributed by atoms with Gasteiger partial charge in [-0.2, -0.15) is 0 Å². The first-order valence-corrected chi connectivity index (χ1v) is 19.8. The number of rotatable bonds is 26. The first-order valence-electron chi connectivity index (χ1n) is 17.7. The predicted octanol–water partition coefficient (Wildman–Crippen LogP) is 1.70. The van der Waals surface area contributed by atoms with Crippen LogP contribution in [0.5, 0.6) is 0 Å². The number of thioether (sulfide) groups is 2. The van der Waals surface area contributed by atoms with Crippen LogP contribution in [0.4, 0.5) is 0 Å². The third-order valence-corrected chi connectivity index (χ3v) is 13.2. The molecule has 5 atom stereocenters. The van der Waals surface area contributed by atoms with Gasteiger partial charge >= 0.3 is 272 Å². The molecule has 1 aliphatic carbocycles. The van der Waals surface area contributed by atoms with E-state index in [-0.39, 0.29) is 64.5 Å².